The highest BCUT2D eigenvalue weighted by molar-refractivity contribution is 6.36. The third kappa shape index (κ3) is 6.41. The molecule has 1 amide bonds. The zero-order chi connectivity index (χ0) is 24.7. The summed E-state index contributed by atoms with van der Waals surface area (Å²) in [5.74, 6) is -0.208. The molecule has 0 aromatic heterocycles. The molecule has 3 aromatic carbocycles. The largest absolute Gasteiger partial charge is 0.497 e. The maximum Gasteiger partial charge on any atom is 0.343 e. The number of amides is 1. The average molecular weight is 522 g/mol. The van der Waals surface area contributed by atoms with Gasteiger partial charge in [-0.25, -0.2) is 10.2 Å². The molecule has 0 bridgehead atoms. The van der Waals surface area contributed by atoms with Crippen LogP contribution in [0.5, 0.6) is 17.2 Å². The van der Waals surface area contributed by atoms with Crippen molar-refractivity contribution in [1.29, 1.82) is 0 Å². The number of ether oxygens (including phenoxy) is 3. The number of hydrogen-bond donors (Lipinski definition) is 1. The minimum absolute atomic E-state index is 0.0680. The second-order valence-corrected chi connectivity index (χ2v) is 7.96. The van der Waals surface area contributed by atoms with Gasteiger partial charge in [0.25, 0.3) is 5.91 Å². The molecular weight excluding hydrogens is 503 g/mol. The molecule has 7 nitrogen and oxygen atoms in total. The van der Waals surface area contributed by atoms with Crippen molar-refractivity contribution in [2.45, 2.75) is 6.92 Å². The van der Waals surface area contributed by atoms with E-state index in [1.54, 1.807) is 43.3 Å². The van der Waals surface area contributed by atoms with E-state index in [0.29, 0.717) is 28.5 Å². The second kappa shape index (κ2) is 11.7. The molecule has 0 aliphatic carbocycles. The Hall–Kier alpha value is -3.26. The van der Waals surface area contributed by atoms with Gasteiger partial charge in [-0.3, -0.25) is 4.79 Å². The maximum absolute atomic E-state index is 12.6. The van der Waals surface area contributed by atoms with Crippen molar-refractivity contribution in [3.8, 4) is 17.2 Å². The predicted octanol–water partition coefficient (Wildman–Crippen LogP) is 6.04. The lowest BCUT2D eigenvalue weighted by atomic mass is 10.2. The zero-order valence-electron chi connectivity index (χ0n) is 18.1. The van der Waals surface area contributed by atoms with E-state index in [-0.39, 0.29) is 27.1 Å². The number of carbonyl (C=O) groups is 2. The van der Waals surface area contributed by atoms with Gasteiger partial charge < -0.3 is 14.2 Å². The van der Waals surface area contributed by atoms with Crippen LogP contribution in [0.4, 0.5) is 0 Å². The molecule has 0 aliphatic rings. The van der Waals surface area contributed by atoms with Gasteiger partial charge in [-0.1, -0.05) is 34.8 Å². The van der Waals surface area contributed by atoms with Gasteiger partial charge in [0, 0.05) is 5.02 Å². The van der Waals surface area contributed by atoms with Gasteiger partial charge in [-0.05, 0) is 67.1 Å². The fourth-order valence-corrected chi connectivity index (χ4v) is 3.55. The highest BCUT2D eigenvalue weighted by atomic mass is 35.5. The smallest absolute Gasteiger partial charge is 0.343 e. The van der Waals surface area contributed by atoms with E-state index < -0.39 is 11.9 Å². The van der Waals surface area contributed by atoms with Crippen LogP contribution in [-0.4, -0.2) is 31.8 Å². The average Bonchev–Trinajstić information content (AvgIpc) is 2.81. The molecule has 34 heavy (non-hydrogen) atoms. The lowest BCUT2D eigenvalue weighted by molar-refractivity contribution is 0.0728. The first-order chi connectivity index (χ1) is 16.3. The Morgan fingerprint density at radius 3 is 2.38 bits per heavy atom. The summed E-state index contributed by atoms with van der Waals surface area (Å²) < 4.78 is 16.2. The van der Waals surface area contributed by atoms with Crippen LogP contribution in [-0.2, 0) is 0 Å². The minimum Gasteiger partial charge on any atom is -0.497 e. The number of benzene rings is 3. The van der Waals surface area contributed by atoms with E-state index in [1.807, 2.05) is 0 Å². The fraction of sp³-hybridized carbons (Fsp3) is 0.125. The summed E-state index contributed by atoms with van der Waals surface area (Å²) in [6.07, 6.45) is 1.37. The van der Waals surface area contributed by atoms with Gasteiger partial charge in [0.1, 0.15) is 5.75 Å². The maximum atomic E-state index is 12.6. The number of carbonyl (C=O) groups excluding carboxylic acids is 2. The summed E-state index contributed by atoms with van der Waals surface area (Å²) in [7, 11) is 1.53. The van der Waals surface area contributed by atoms with Crippen molar-refractivity contribution in [3.63, 3.8) is 0 Å². The Kier molecular flexibility index (Phi) is 8.76. The number of hydrogen-bond acceptors (Lipinski definition) is 6. The zero-order valence-corrected chi connectivity index (χ0v) is 20.4. The Labute approximate surface area is 211 Å². The normalized spacial score (nSPS) is 10.7. The van der Waals surface area contributed by atoms with E-state index in [2.05, 4.69) is 10.5 Å². The van der Waals surface area contributed by atoms with Crippen molar-refractivity contribution in [3.05, 3.63) is 86.4 Å². The van der Waals surface area contributed by atoms with Crippen LogP contribution in [0.2, 0.25) is 15.1 Å². The van der Waals surface area contributed by atoms with Crippen molar-refractivity contribution in [2.75, 3.05) is 13.7 Å². The summed E-state index contributed by atoms with van der Waals surface area (Å²) in [6.45, 7) is 2.08. The fourth-order valence-electron chi connectivity index (χ4n) is 2.80. The lowest BCUT2D eigenvalue weighted by Gasteiger charge is -2.13. The van der Waals surface area contributed by atoms with Crippen LogP contribution in [0, 0.1) is 0 Å². The molecule has 3 aromatic rings. The molecule has 0 atom stereocenters. The van der Waals surface area contributed by atoms with Crippen LogP contribution in [0.3, 0.4) is 0 Å². The molecule has 10 heteroatoms. The van der Waals surface area contributed by atoms with Gasteiger partial charge in [-0.15, -0.1) is 0 Å². The third-order valence-corrected chi connectivity index (χ3v) is 5.24. The SMILES string of the molecule is CCOc1cc(/C=N\NC(=O)c2ccc(Cl)cc2Cl)cc(Cl)c1OC(=O)c1ccc(OC)cc1. The Morgan fingerprint density at radius 1 is 1.00 bits per heavy atom. The topological polar surface area (TPSA) is 86.2 Å². The van der Waals surface area contributed by atoms with Gasteiger partial charge in [0.15, 0.2) is 11.5 Å². The molecule has 1 N–H and O–H groups in total. The number of nitrogens with zero attached hydrogens (tertiary/aromatic N) is 1. The number of nitrogens with one attached hydrogen (secondary N) is 1. The highest BCUT2D eigenvalue weighted by Gasteiger charge is 2.18. The summed E-state index contributed by atoms with van der Waals surface area (Å²) in [5, 5.41) is 4.67. The second-order valence-electron chi connectivity index (χ2n) is 6.70. The first-order valence-corrected chi connectivity index (χ1v) is 11.1. The quantitative estimate of drug-likeness (QED) is 0.169. The number of esters is 1. The van der Waals surface area contributed by atoms with Crippen molar-refractivity contribution in [1.82, 2.24) is 5.43 Å². The third-order valence-electron chi connectivity index (χ3n) is 4.41. The molecule has 0 spiro atoms. The molecule has 0 radical (unpaired) electrons. The van der Waals surface area contributed by atoms with Gasteiger partial charge in [0.2, 0.25) is 0 Å². The molecule has 0 fully saturated rings. The van der Waals surface area contributed by atoms with E-state index in [9.17, 15) is 9.59 Å². The van der Waals surface area contributed by atoms with Crippen LogP contribution in [0.1, 0.15) is 33.2 Å². The van der Waals surface area contributed by atoms with E-state index in [4.69, 9.17) is 49.0 Å². The summed E-state index contributed by atoms with van der Waals surface area (Å²) in [4.78, 5) is 24.9. The number of hydrazone groups is 1. The number of rotatable bonds is 8. The minimum atomic E-state index is -0.612. The molecule has 0 aliphatic heterocycles. The van der Waals surface area contributed by atoms with Gasteiger partial charge >= 0.3 is 5.97 Å². The van der Waals surface area contributed by atoms with Crippen LogP contribution < -0.4 is 19.6 Å². The van der Waals surface area contributed by atoms with Crippen LogP contribution in [0.15, 0.2) is 59.7 Å². The number of halogens is 3. The summed E-state index contributed by atoms with van der Waals surface area (Å²) in [6, 6.07) is 14.0. The molecule has 176 valence electrons. The molecule has 0 unspecified atom stereocenters. The van der Waals surface area contributed by atoms with Gasteiger partial charge in [0.05, 0.1) is 41.1 Å². The van der Waals surface area contributed by atoms with E-state index >= 15 is 0 Å². The number of methoxy groups -OCH3 is 1. The van der Waals surface area contributed by atoms with E-state index in [0.717, 1.165) is 0 Å². The monoisotopic (exact) mass is 520 g/mol. The van der Waals surface area contributed by atoms with Crippen molar-refractivity contribution < 1.29 is 23.8 Å². The first kappa shape index (κ1) is 25.4. The highest BCUT2D eigenvalue weighted by Crippen LogP contribution is 2.37. The predicted molar refractivity (Wildman–Crippen MR) is 132 cm³/mol. The van der Waals surface area contributed by atoms with Crippen LogP contribution in [0.25, 0.3) is 0 Å². The standard InChI is InChI=1S/C24H19Cl3N2O5/c1-3-33-21-11-14(13-28-29-23(30)18-9-6-16(25)12-19(18)26)10-20(27)22(21)34-24(31)15-4-7-17(32-2)8-5-15/h4-13H,3H2,1-2H3,(H,29,30)/b28-13-. The Morgan fingerprint density at radius 2 is 1.74 bits per heavy atom. The van der Waals surface area contributed by atoms with Gasteiger partial charge in [-0.2, -0.15) is 5.10 Å². The van der Waals surface area contributed by atoms with Crippen molar-refractivity contribution >= 4 is 52.9 Å². The molecular formula is C24H19Cl3N2O5. The van der Waals surface area contributed by atoms with Crippen LogP contribution >= 0.6 is 34.8 Å². The first-order valence-electron chi connectivity index (χ1n) is 9.93. The summed E-state index contributed by atoms with van der Waals surface area (Å²) >= 11 is 18.2. The lowest BCUT2D eigenvalue weighted by Crippen LogP contribution is -2.18. The molecule has 0 saturated heterocycles. The molecule has 3 rings (SSSR count). The Bertz CT molecular complexity index is 1230. The Balaban J connectivity index is 1.77. The van der Waals surface area contributed by atoms with Crippen molar-refractivity contribution in [2.24, 2.45) is 5.10 Å². The molecule has 0 heterocycles. The summed E-state index contributed by atoms with van der Waals surface area (Å²) in [5.41, 5.74) is 3.41. The molecule has 0 saturated carbocycles. The van der Waals surface area contributed by atoms with E-state index in [1.165, 1.54) is 31.5 Å².